The van der Waals surface area contributed by atoms with Gasteiger partial charge in [-0.1, -0.05) is 18.2 Å². The Kier molecular flexibility index (Phi) is 4.29. The maximum absolute atomic E-state index is 12.5. The lowest BCUT2D eigenvalue weighted by atomic mass is 10.2. The van der Waals surface area contributed by atoms with Crippen LogP contribution in [0, 0.1) is 0 Å². The standard InChI is InChI=1S/C19H16N4O4/c24-17-11-20-23(16-7-2-1-6-15(16)17)12-18(25)21-13-4-3-5-14(10-13)22-8-9-27-19(22)26/h1-7,10-11H,8-9,12H2,(H,21,25). The second kappa shape index (κ2) is 6.91. The van der Waals surface area contributed by atoms with Crippen LogP contribution in [-0.2, 0) is 16.1 Å². The predicted octanol–water partition coefficient (Wildman–Crippen LogP) is 1.99. The molecule has 1 fully saturated rings. The van der Waals surface area contributed by atoms with E-state index in [1.54, 1.807) is 48.5 Å². The van der Waals surface area contributed by atoms with Gasteiger partial charge in [0.05, 0.1) is 18.3 Å². The molecule has 136 valence electrons. The molecule has 3 aromatic rings. The second-order valence-corrected chi connectivity index (χ2v) is 6.05. The molecule has 2 aromatic carbocycles. The van der Waals surface area contributed by atoms with Gasteiger partial charge in [0, 0.05) is 16.8 Å². The van der Waals surface area contributed by atoms with Gasteiger partial charge in [-0.3, -0.25) is 19.2 Å². The van der Waals surface area contributed by atoms with Crippen LogP contribution in [0.4, 0.5) is 16.2 Å². The summed E-state index contributed by atoms with van der Waals surface area (Å²) in [5.41, 5.74) is 1.62. The monoisotopic (exact) mass is 364 g/mol. The molecular formula is C19H16N4O4. The first-order valence-corrected chi connectivity index (χ1v) is 8.41. The van der Waals surface area contributed by atoms with Crippen molar-refractivity contribution in [2.45, 2.75) is 6.54 Å². The molecule has 1 aliphatic heterocycles. The number of ether oxygens (including phenoxy) is 1. The van der Waals surface area contributed by atoms with E-state index in [2.05, 4.69) is 10.4 Å². The minimum Gasteiger partial charge on any atom is -0.447 e. The summed E-state index contributed by atoms with van der Waals surface area (Å²) in [5.74, 6) is -0.294. The Hall–Kier alpha value is -3.68. The summed E-state index contributed by atoms with van der Waals surface area (Å²) in [6.45, 7) is 0.779. The predicted molar refractivity (Wildman–Crippen MR) is 99.8 cm³/mol. The number of anilines is 2. The Morgan fingerprint density at radius 3 is 2.81 bits per heavy atom. The van der Waals surface area contributed by atoms with E-state index in [9.17, 15) is 14.4 Å². The van der Waals surface area contributed by atoms with E-state index < -0.39 is 6.09 Å². The summed E-state index contributed by atoms with van der Waals surface area (Å²) >= 11 is 0. The molecule has 1 saturated heterocycles. The Balaban J connectivity index is 1.53. The van der Waals surface area contributed by atoms with Crippen LogP contribution in [0.2, 0.25) is 0 Å². The molecule has 4 rings (SSSR count). The number of hydrogen-bond donors (Lipinski definition) is 1. The maximum Gasteiger partial charge on any atom is 0.414 e. The fourth-order valence-electron chi connectivity index (χ4n) is 3.00. The molecule has 0 bridgehead atoms. The molecule has 0 spiro atoms. The van der Waals surface area contributed by atoms with Crippen molar-refractivity contribution in [2.75, 3.05) is 23.4 Å². The Morgan fingerprint density at radius 2 is 2.00 bits per heavy atom. The number of rotatable bonds is 4. The van der Waals surface area contributed by atoms with Gasteiger partial charge >= 0.3 is 6.09 Å². The molecule has 1 aromatic heterocycles. The first-order chi connectivity index (χ1) is 13.1. The average molecular weight is 364 g/mol. The molecule has 2 amide bonds. The maximum atomic E-state index is 12.5. The van der Waals surface area contributed by atoms with Crippen molar-refractivity contribution in [2.24, 2.45) is 0 Å². The number of amides is 2. The van der Waals surface area contributed by atoms with E-state index in [1.807, 2.05) is 0 Å². The van der Waals surface area contributed by atoms with E-state index in [1.165, 1.54) is 15.8 Å². The van der Waals surface area contributed by atoms with E-state index in [4.69, 9.17) is 4.74 Å². The number of benzene rings is 2. The van der Waals surface area contributed by atoms with Gasteiger partial charge in [-0.25, -0.2) is 4.79 Å². The lowest BCUT2D eigenvalue weighted by molar-refractivity contribution is -0.116. The Bertz CT molecular complexity index is 1090. The van der Waals surface area contributed by atoms with Crippen molar-refractivity contribution < 1.29 is 14.3 Å². The van der Waals surface area contributed by atoms with E-state index in [-0.39, 0.29) is 17.9 Å². The minimum absolute atomic E-state index is 0.0449. The first kappa shape index (κ1) is 16.8. The fraction of sp³-hybridized carbons (Fsp3) is 0.158. The number of aromatic nitrogens is 2. The number of hydrogen-bond acceptors (Lipinski definition) is 5. The van der Waals surface area contributed by atoms with Gasteiger partial charge < -0.3 is 10.1 Å². The molecule has 0 unspecified atom stereocenters. The summed E-state index contributed by atoms with van der Waals surface area (Å²) in [5, 5.41) is 7.35. The molecule has 1 N–H and O–H groups in total. The van der Waals surface area contributed by atoms with Gasteiger partial charge in [0.2, 0.25) is 11.3 Å². The lowest BCUT2D eigenvalue weighted by Gasteiger charge is -2.14. The molecular weight excluding hydrogens is 348 g/mol. The number of cyclic esters (lactones) is 1. The number of carbonyl (C=O) groups is 2. The fourth-order valence-corrected chi connectivity index (χ4v) is 3.00. The number of para-hydroxylation sites is 1. The number of nitrogens with zero attached hydrogens (tertiary/aromatic N) is 3. The third-order valence-electron chi connectivity index (χ3n) is 4.26. The molecule has 2 heterocycles. The Labute approximate surface area is 154 Å². The van der Waals surface area contributed by atoms with Crippen molar-refractivity contribution in [3.8, 4) is 0 Å². The van der Waals surface area contributed by atoms with E-state index in [0.29, 0.717) is 35.4 Å². The normalized spacial score (nSPS) is 13.6. The molecule has 0 radical (unpaired) electrons. The van der Waals surface area contributed by atoms with Gasteiger partial charge in [0.15, 0.2) is 0 Å². The smallest absolute Gasteiger partial charge is 0.414 e. The van der Waals surface area contributed by atoms with Crippen LogP contribution in [0.1, 0.15) is 0 Å². The third-order valence-corrected chi connectivity index (χ3v) is 4.26. The molecule has 8 heteroatoms. The minimum atomic E-state index is -0.401. The summed E-state index contributed by atoms with van der Waals surface area (Å²) in [6, 6.07) is 14.0. The highest BCUT2D eigenvalue weighted by molar-refractivity contribution is 5.94. The number of nitrogens with one attached hydrogen (secondary N) is 1. The zero-order valence-corrected chi connectivity index (χ0v) is 14.3. The SMILES string of the molecule is O=C(Cn1ncc(=O)c2ccccc21)Nc1cccc(N2CCOC2=O)c1. The third kappa shape index (κ3) is 3.37. The first-order valence-electron chi connectivity index (χ1n) is 8.41. The largest absolute Gasteiger partial charge is 0.447 e. The van der Waals surface area contributed by atoms with Crippen molar-refractivity contribution in [1.82, 2.24) is 9.78 Å². The zero-order valence-electron chi connectivity index (χ0n) is 14.3. The number of fused-ring (bicyclic) bond motifs is 1. The van der Waals surface area contributed by atoms with Gasteiger partial charge in [-0.05, 0) is 30.3 Å². The van der Waals surface area contributed by atoms with Crippen LogP contribution >= 0.6 is 0 Å². The van der Waals surface area contributed by atoms with E-state index >= 15 is 0 Å². The van der Waals surface area contributed by atoms with Crippen molar-refractivity contribution in [3.63, 3.8) is 0 Å². The summed E-state index contributed by atoms with van der Waals surface area (Å²) < 4.78 is 6.41. The average Bonchev–Trinajstić information content (AvgIpc) is 3.10. The van der Waals surface area contributed by atoms with Crippen LogP contribution in [0.25, 0.3) is 10.9 Å². The van der Waals surface area contributed by atoms with Gasteiger partial charge in [0.1, 0.15) is 13.2 Å². The lowest BCUT2D eigenvalue weighted by Crippen LogP contribution is -2.24. The van der Waals surface area contributed by atoms with Crippen molar-refractivity contribution >= 4 is 34.3 Å². The van der Waals surface area contributed by atoms with Crippen LogP contribution in [0.3, 0.4) is 0 Å². The number of carbonyl (C=O) groups excluding carboxylic acids is 2. The summed E-state index contributed by atoms with van der Waals surface area (Å²) in [7, 11) is 0. The second-order valence-electron chi connectivity index (χ2n) is 6.05. The molecule has 0 aliphatic carbocycles. The van der Waals surface area contributed by atoms with Crippen LogP contribution in [0.5, 0.6) is 0 Å². The highest BCUT2D eigenvalue weighted by Gasteiger charge is 2.23. The van der Waals surface area contributed by atoms with E-state index in [0.717, 1.165) is 0 Å². The summed E-state index contributed by atoms with van der Waals surface area (Å²) in [4.78, 5) is 37.5. The molecule has 1 aliphatic rings. The quantitative estimate of drug-likeness (QED) is 0.764. The molecule has 0 atom stereocenters. The van der Waals surface area contributed by atoms with Crippen molar-refractivity contribution in [3.05, 3.63) is 65.0 Å². The highest BCUT2D eigenvalue weighted by atomic mass is 16.6. The van der Waals surface area contributed by atoms with Crippen LogP contribution < -0.4 is 15.6 Å². The topological polar surface area (TPSA) is 93.5 Å². The Morgan fingerprint density at radius 1 is 1.15 bits per heavy atom. The van der Waals surface area contributed by atoms with Gasteiger partial charge in [0.25, 0.3) is 0 Å². The van der Waals surface area contributed by atoms with Crippen LogP contribution in [0.15, 0.2) is 59.5 Å². The van der Waals surface area contributed by atoms with Gasteiger partial charge in [-0.2, -0.15) is 5.10 Å². The van der Waals surface area contributed by atoms with Crippen molar-refractivity contribution in [1.29, 1.82) is 0 Å². The van der Waals surface area contributed by atoms with Crippen LogP contribution in [-0.4, -0.2) is 34.9 Å². The summed E-state index contributed by atoms with van der Waals surface area (Å²) in [6.07, 6.45) is 0.803. The zero-order chi connectivity index (χ0) is 18.8. The molecule has 27 heavy (non-hydrogen) atoms. The molecule has 8 nitrogen and oxygen atoms in total. The van der Waals surface area contributed by atoms with Gasteiger partial charge in [-0.15, -0.1) is 0 Å². The molecule has 0 saturated carbocycles. The highest BCUT2D eigenvalue weighted by Crippen LogP contribution is 2.22.